The van der Waals surface area contributed by atoms with Crippen LogP contribution in [0.5, 0.6) is 0 Å². The lowest BCUT2D eigenvalue weighted by molar-refractivity contribution is -0.197. The molecular formula is C29H46O6. The van der Waals surface area contributed by atoms with Crippen molar-refractivity contribution in [2.45, 2.75) is 111 Å². The third-order valence-corrected chi connectivity index (χ3v) is 11.0. The molecule has 0 aliphatic heterocycles. The summed E-state index contributed by atoms with van der Waals surface area (Å²) in [5.74, 6) is 2.64. The fourth-order valence-corrected chi connectivity index (χ4v) is 9.54. The number of ether oxygens (including phenoxy) is 3. The van der Waals surface area contributed by atoms with Crippen LogP contribution in [0.4, 0.5) is 0 Å². The molecule has 4 saturated carbocycles. The minimum atomic E-state index is -0.219. The van der Waals surface area contributed by atoms with Gasteiger partial charge < -0.3 is 14.2 Å². The molecule has 0 unspecified atom stereocenters. The highest BCUT2D eigenvalue weighted by atomic mass is 16.5. The Morgan fingerprint density at radius 3 is 2.17 bits per heavy atom. The lowest BCUT2D eigenvalue weighted by Gasteiger charge is -2.62. The minimum absolute atomic E-state index is 0.0689. The lowest BCUT2D eigenvalue weighted by atomic mass is 9.43. The van der Waals surface area contributed by atoms with E-state index in [9.17, 15) is 14.4 Å². The molecule has 6 nitrogen and oxygen atoms in total. The van der Waals surface area contributed by atoms with Gasteiger partial charge in [0.2, 0.25) is 0 Å². The van der Waals surface area contributed by atoms with E-state index < -0.39 is 0 Å². The smallest absolute Gasteiger partial charge is 0.305 e. The molecule has 4 rings (SSSR count). The second-order valence-electron chi connectivity index (χ2n) is 12.7. The number of rotatable bonds is 6. The Balaban J connectivity index is 1.56. The van der Waals surface area contributed by atoms with Gasteiger partial charge in [-0.1, -0.05) is 20.8 Å². The normalized spacial score (nSPS) is 43.2. The predicted octanol–water partition coefficient (Wildman–Crippen LogP) is 5.71. The summed E-state index contributed by atoms with van der Waals surface area (Å²) in [7, 11) is 1.47. The summed E-state index contributed by atoms with van der Waals surface area (Å²) < 4.78 is 16.6. The van der Waals surface area contributed by atoms with Gasteiger partial charge in [0.25, 0.3) is 0 Å². The molecule has 0 amide bonds. The first-order valence-corrected chi connectivity index (χ1v) is 13.9. The van der Waals surface area contributed by atoms with Gasteiger partial charge in [0.05, 0.1) is 7.11 Å². The van der Waals surface area contributed by atoms with E-state index in [0.29, 0.717) is 36.0 Å². The van der Waals surface area contributed by atoms with Crippen molar-refractivity contribution in [1.29, 1.82) is 0 Å². The number of fused-ring (bicyclic) bond motifs is 5. The highest BCUT2D eigenvalue weighted by Gasteiger charge is 2.63. The molecule has 0 N–H and O–H groups in total. The SMILES string of the molecule is COC(=O)CC[C@@H](C)[C@H]1CC[C@H]2[C@@H]3C[C@H](OC(C)=O)[C@@H]4C[C@H](OC(C)=O)CC[C@]4(C)[C@H]3CC[C@]12C. The summed E-state index contributed by atoms with van der Waals surface area (Å²) in [6.45, 7) is 10.3. The van der Waals surface area contributed by atoms with Crippen molar-refractivity contribution in [3.63, 3.8) is 0 Å². The number of carbonyl (C=O) groups excluding carboxylic acids is 3. The standard InChI is InChI=1S/C29H46O6/c1-17(7-10-27(32)33-6)22-8-9-23-21-16-26(35-19(3)31)25-15-20(34-18(2)30)11-13-29(25,5)24(21)12-14-28(22,23)4/h17,20-26H,7-16H2,1-6H3/t17-,20-,21+,22-,23+,24+,25+,26+,28-,29-/m1/s1. The van der Waals surface area contributed by atoms with Crippen LogP contribution in [0.2, 0.25) is 0 Å². The highest BCUT2D eigenvalue weighted by molar-refractivity contribution is 5.69. The van der Waals surface area contributed by atoms with Crippen molar-refractivity contribution < 1.29 is 28.6 Å². The number of esters is 3. The predicted molar refractivity (Wildman–Crippen MR) is 132 cm³/mol. The van der Waals surface area contributed by atoms with Crippen LogP contribution in [-0.4, -0.2) is 37.2 Å². The van der Waals surface area contributed by atoms with Gasteiger partial charge in [0.1, 0.15) is 12.2 Å². The Hall–Kier alpha value is -1.59. The van der Waals surface area contributed by atoms with Crippen molar-refractivity contribution in [2.24, 2.45) is 46.3 Å². The average Bonchev–Trinajstić information content (AvgIpc) is 3.14. The molecular weight excluding hydrogens is 444 g/mol. The van der Waals surface area contributed by atoms with Crippen molar-refractivity contribution in [3.8, 4) is 0 Å². The van der Waals surface area contributed by atoms with E-state index >= 15 is 0 Å². The van der Waals surface area contributed by atoms with Gasteiger partial charge in [-0.2, -0.15) is 0 Å². The summed E-state index contributed by atoms with van der Waals surface area (Å²) >= 11 is 0. The van der Waals surface area contributed by atoms with E-state index in [-0.39, 0.29) is 46.9 Å². The molecule has 0 radical (unpaired) electrons. The van der Waals surface area contributed by atoms with Gasteiger partial charge in [-0.25, -0.2) is 0 Å². The first-order valence-electron chi connectivity index (χ1n) is 13.9. The number of hydrogen-bond acceptors (Lipinski definition) is 6. The lowest BCUT2D eigenvalue weighted by Crippen LogP contribution is -2.59. The topological polar surface area (TPSA) is 78.9 Å². The Morgan fingerprint density at radius 1 is 0.857 bits per heavy atom. The molecule has 0 aromatic carbocycles. The zero-order valence-electron chi connectivity index (χ0n) is 22.6. The molecule has 35 heavy (non-hydrogen) atoms. The zero-order valence-corrected chi connectivity index (χ0v) is 22.6. The molecule has 0 aromatic heterocycles. The van der Waals surface area contributed by atoms with E-state index in [2.05, 4.69) is 20.8 Å². The van der Waals surface area contributed by atoms with Crippen molar-refractivity contribution in [2.75, 3.05) is 7.11 Å². The van der Waals surface area contributed by atoms with Gasteiger partial charge in [-0.15, -0.1) is 0 Å². The van der Waals surface area contributed by atoms with E-state index in [1.807, 2.05) is 0 Å². The molecule has 0 bridgehead atoms. The number of carbonyl (C=O) groups is 3. The second-order valence-corrected chi connectivity index (χ2v) is 12.7. The quantitative estimate of drug-likeness (QED) is 0.351. The first kappa shape index (κ1) is 26.5. The van der Waals surface area contributed by atoms with Crippen LogP contribution >= 0.6 is 0 Å². The van der Waals surface area contributed by atoms with Gasteiger partial charge in [0, 0.05) is 26.2 Å². The van der Waals surface area contributed by atoms with Crippen LogP contribution in [0, 0.1) is 46.3 Å². The van der Waals surface area contributed by atoms with Crippen molar-refractivity contribution in [1.82, 2.24) is 0 Å². The third-order valence-electron chi connectivity index (χ3n) is 11.0. The Labute approximate surface area is 211 Å². The molecule has 10 atom stereocenters. The maximum Gasteiger partial charge on any atom is 0.305 e. The molecule has 0 saturated heterocycles. The monoisotopic (exact) mass is 490 g/mol. The van der Waals surface area contributed by atoms with Gasteiger partial charge in [0.15, 0.2) is 0 Å². The van der Waals surface area contributed by atoms with Crippen LogP contribution in [0.25, 0.3) is 0 Å². The van der Waals surface area contributed by atoms with Crippen LogP contribution in [-0.2, 0) is 28.6 Å². The summed E-state index contributed by atoms with van der Waals surface area (Å²) in [6, 6.07) is 0. The summed E-state index contributed by atoms with van der Waals surface area (Å²) in [4.78, 5) is 35.6. The second kappa shape index (κ2) is 10.0. The van der Waals surface area contributed by atoms with Gasteiger partial charge in [-0.05, 0) is 98.2 Å². The Morgan fingerprint density at radius 2 is 1.51 bits per heavy atom. The third kappa shape index (κ3) is 4.87. The van der Waals surface area contributed by atoms with Crippen molar-refractivity contribution >= 4 is 17.9 Å². The summed E-state index contributed by atoms with van der Waals surface area (Å²) in [5, 5.41) is 0. The summed E-state index contributed by atoms with van der Waals surface area (Å²) in [6.07, 6.45) is 9.78. The minimum Gasteiger partial charge on any atom is -0.469 e. The highest BCUT2D eigenvalue weighted by Crippen LogP contribution is 2.68. The van der Waals surface area contributed by atoms with Crippen LogP contribution in [0.3, 0.4) is 0 Å². The first-order chi connectivity index (χ1) is 16.5. The molecule has 4 aliphatic carbocycles. The average molecular weight is 491 g/mol. The zero-order chi connectivity index (χ0) is 25.5. The largest absolute Gasteiger partial charge is 0.469 e. The Kier molecular flexibility index (Phi) is 7.60. The van der Waals surface area contributed by atoms with Crippen LogP contribution in [0.15, 0.2) is 0 Å². The van der Waals surface area contributed by atoms with E-state index in [1.54, 1.807) is 0 Å². The molecule has 0 heterocycles. The number of methoxy groups -OCH3 is 1. The van der Waals surface area contributed by atoms with Gasteiger partial charge in [-0.3, -0.25) is 14.4 Å². The number of hydrogen-bond donors (Lipinski definition) is 0. The Bertz CT molecular complexity index is 824. The van der Waals surface area contributed by atoms with E-state index in [1.165, 1.54) is 46.6 Å². The fourth-order valence-electron chi connectivity index (χ4n) is 9.54. The van der Waals surface area contributed by atoms with E-state index in [4.69, 9.17) is 14.2 Å². The summed E-state index contributed by atoms with van der Waals surface area (Å²) in [5.41, 5.74) is 0.380. The molecule has 0 aromatic rings. The molecule has 4 fully saturated rings. The molecule has 198 valence electrons. The fraction of sp³-hybridized carbons (Fsp3) is 0.897. The van der Waals surface area contributed by atoms with Crippen molar-refractivity contribution in [3.05, 3.63) is 0 Å². The molecule has 6 heteroatoms. The van der Waals surface area contributed by atoms with Crippen LogP contribution in [0.1, 0.15) is 98.8 Å². The maximum atomic E-state index is 12.1. The molecule has 4 aliphatic rings. The van der Waals surface area contributed by atoms with E-state index in [0.717, 1.165) is 32.1 Å². The van der Waals surface area contributed by atoms with Crippen LogP contribution < -0.4 is 0 Å². The maximum absolute atomic E-state index is 12.1. The molecule has 0 spiro atoms. The van der Waals surface area contributed by atoms with Gasteiger partial charge >= 0.3 is 17.9 Å².